The molecule has 2 aromatic rings. The number of aryl methyl sites for hydroxylation is 2. The number of ether oxygens (including phenoxy) is 3. The second-order valence-electron chi connectivity index (χ2n) is 8.08. The molecule has 0 atom stereocenters. The second-order valence-corrected chi connectivity index (χ2v) is 8.08. The van der Waals surface area contributed by atoms with Gasteiger partial charge in [-0.3, -0.25) is 0 Å². The number of primary amides is 1. The number of anilines is 1. The van der Waals surface area contributed by atoms with E-state index >= 15 is 0 Å². The van der Waals surface area contributed by atoms with Crippen molar-refractivity contribution in [3.8, 4) is 17.2 Å². The van der Waals surface area contributed by atoms with Crippen LogP contribution in [0, 0.1) is 5.92 Å². The third-order valence-electron chi connectivity index (χ3n) is 5.11. The van der Waals surface area contributed by atoms with Crippen LogP contribution in [0.15, 0.2) is 30.3 Å². The lowest BCUT2D eigenvalue weighted by Gasteiger charge is -2.15. The molecule has 0 aromatic heterocycles. The van der Waals surface area contributed by atoms with Crippen LogP contribution in [0.3, 0.4) is 0 Å². The summed E-state index contributed by atoms with van der Waals surface area (Å²) in [5.41, 5.74) is 7.69. The van der Waals surface area contributed by atoms with Gasteiger partial charge >= 0.3 is 12.0 Å². The summed E-state index contributed by atoms with van der Waals surface area (Å²) in [7, 11) is 3.14. The summed E-state index contributed by atoms with van der Waals surface area (Å²) < 4.78 is 16.0. The van der Waals surface area contributed by atoms with Crippen molar-refractivity contribution in [2.75, 3.05) is 26.1 Å². The van der Waals surface area contributed by atoms with Gasteiger partial charge in [0.1, 0.15) is 5.75 Å². The van der Waals surface area contributed by atoms with Crippen molar-refractivity contribution in [1.82, 2.24) is 0 Å². The molecule has 8 heteroatoms. The Kier molecular flexibility index (Phi) is 12.3. The number of benzene rings is 2. The van der Waals surface area contributed by atoms with E-state index in [0.717, 1.165) is 31.4 Å². The fourth-order valence-corrected chi connectivity index (χ4v) is 3.25. The Labute approximate surface area is 202 Å². The predicted octanol–water partition coefficient (Wildman–Crippen LogP) is 5.52. The number of aromatic carboxylic acids is 1. The summed E-state index contributed by atoms with van der Waals surface area (Å²) in [4.78, 5) is 22.2. The van der Waals surface area contributed by atoms with Gasteiger partial charge in [0.05, 0.1) is 32.1 Å². The van der Waals surface area contributed by atoms with Crippen molar-refractivity contribution in [2.24, 2.45) is 11.7 Å². The Morgan fingerprint density at radius 1 is 1.00 bits per heavy atom. The van der Waals surface area contributed by atoms with E-state index in [2.05, 4.69) is 51.2 Å². The van der Waals surface area contributed by atoms with Crippen LogP contribution in [-0.2, 0) is 12.8 Å². The summed E-state index contributed by atoms with van der Waals surface area (Å²) in [6.07, 6.45) is 4.01. The molecule has 0 aliphatic rings. The summed E-state index contributed by atoms with van der Waals surface area (Å²) in [6.45, 7) is 9.03. The van der Waals surface area contributed by atoms with Crippen LogP contribution < -0.4 is 25.3 Å². The topological polar surface area (TPSA) is 120 Å². The number of methoxy groups -OCH3 is 2. The first-order chi connectivity index (χ1) is 16.2. The van der Waals surface area contributed by atoms with Crippen molar-refractivity contribution in [2.45, 2.75) is 53.4 Å². The summed E-state index contributed by atoms with van der Waals surface area (Å²) in [6, 6.07) is 8.25. The molecule has 0 aliphatic carbocycles. The summed E-state index contributed by atoms with van der Waals surface area (Å²) >= 11 is 0. The van der Waals surface area contributed by atoms with E-state index in [4.69, 9.17) is 19.9 Å². The van der Waals surface area contributed by atoms with Crippen LogP contribution in [0.2, 0.25) is 0 Å². The molecule has 0 saturated carbocycles. The van der Waals surface area contributed by atoms with E-state index in [9.17, 15) is 14.7 Å². The number of carbonyl (C=O) groups excluding carboxylic acids is 1. The van der Waals surface area contributed by atoms with Crippen LogP contribution in [0.25, 0.3) is 0 Å². The van der Waals surface area contributed by atoms with Crippen LogP contribution in [-0.4, -0.2) is 37.9 Å². The van der Waals surface area contributed by atoms with Gasteiger partial charge in [0.2, 0.25) is 0 Å². The predicted molar refractivity (Wildman–Crippen MR) is 134 cm³/mol. The molecule has 0 spiro atoms. The summed E-state index contributed by atoms with van der Waals surface area (Å²) in [5, 5.41) is 11.5. The molecule has 2 rings (SSSR count). The lowest BCUT2D eigenvalue weighted by molar-refractivity contribution is 0.0697. The molecule has 0 unspecified atom stereocenters. The normalized spacial score (nSPS) is 10.2. The first kappa shape index (κ1) is 28.6. The number of nitrogens with one attached hydrogen (secondary N) is 1. The van der Waals surface area contributed by atoms with Crippen LogP contribution in [0.5, 0.6) is 17.2 Å². The van der Waals surface area contributed by atoms with E-state index in [0.29, 0.717) is 18.3 Å². The minimum Gasteiger partial charge on any atom is -0.496 e. The zero-order valence-electron chi connectivity index (χ0n) is 21.1. The average molecular weight is 475 g/mol. The Balaban J connectivity index is 0.000000404. The Bertz CT molecular complexity index is 943. The van der Waals surface area contributed by atoms with E-state index in [-0.39, 0.29) is 17.0 Å². The van der Waals surface area contributed by atoms with E-state index in [1.165, 1.54) is 30.4 Å². The van der Waals surface area contributed by atoms with Crippen molar-refractivity contribution in [1.29, 1.82) is 0 Å². The average Bonchev–Trinajstić information content (AvgIpc) is 2.81. The van der Waals surface area contributed by atoms with E-state index in [1.54, 1.807) is 7.11 Å². The number of carbonyl (C=O) groups is 2. The molecular formula is C26H38N2O6. The third kappa shape index (κ3) is 9.21. The van der Waals surface area contributed by atoms with Crippen LogP contribution in [0.1, 0.15) is 62.0 Å². The maximum absolute atomic E-state index is 11.2. The highest BCUT2D eigenvalue weighted by atomic mass is 16.5. The Morgan fingerprint density at radius 2 is 1.68 bits per heavy atom. The molecule has 0 heterocycles. The largest absolute Gasteiger partial charge is 0.496 e. The smallest absolute Gasteiger partial charge is 0.337 e. The van der Waals surface area contributed by atoms with Gasteiger partial charge in [-0.05, 0) is 48.8 Å². The third-order valence-corrected chi connectivity index (χ3v) is 5.11. The zero-order valence-corrected chi connectivity index (χ0v) is 21.1. The highest BCUT2D eigenvalue weighted by molar-refractivity contribution is 6.00. The molecule has 4 N–H and O–H groups in total. The molecule has 0 aliphatic heterocycles. The number of carboxylic acid groups (broad SMARTS) is 1. The van der Waals surface area contributed by atoms with Gasteiger partial charge < -0.3 is 30.4 Å². The van der Waals surface area contributed by atoms with Gasteiger partial charge in [-0.2, -0.15) is 0 Å². The van der Waals surface area contributed by atoms with E-state index < -0.39 is 12.0 Å². The Hall–Kier alpha value is -3.42. The Morgan fingerprint density at radius 3 is 2.18 bits per heavy atom. The molecule has 0 radical (unpaired) electrons. The fourth-order valence-electron chi connectivity index (χ4n) is 3.25. The van der Waals surface area contributed by atoms with Gasteiger partial charge in [0.25, 0.3) is 0 Å². The molecule has 34 heavy (non-hydrogen) atoms. The first-order valence-corrected chi connectivity index (χ1v) is 11.5. The first-order valence-electron chi connectivity index (χ1n) is 11.5. The van der Waals surface area contributed by atoms with Gasteiger partial charge in [-0.15, -0.1) is 0 Å². The molecular weight excluding hydrogens is 436 g/mol. The molecule has 0 bridgehead atoms. The highest BCUT2D eigenvalue weighted by Gasteiger charge is 2.17. The standard InChI is InChI=1S/C15H22N2O5.C11H16O/c1-9(2)5-4-6-22-13-8-11(17-15(16)20)10(14(18)19)7-12(13)21-3;1-4-9-6-7-11(12-3)10(5-2)8-9/h7-9H,4-6H2,1-3H3,(H,18,19)(H3,16,17,20);6-8H,4-5H2,1-3H3. The van der Waals surface area contributed by atoms with Crippen molar-refractivity contribution in [3.63, 3.8) is 0 Å². The molecule has 8 nitrogen and oxygen atoms in total. The van der Waals surface area contributed by atoms with Gasteiger partial charge in [0.15, 0.2) is 11.5 Å². The fraction of sp³-hybridized carbons (Fsp3) is 0.462. The molecule has 188 valence electrons. The van der Waals surface area contributed by atoms with E-state index in [1.807, 2.05) is 0 Å². The highest BCUT2D eigenvalue weighted by Crippen LogP contribution is 2.34. The number of amides is 2. The minimum absolute atomic E-state index is 0.0691. The van der Waals surface area contributed by atoms with Crippen molar-refractivity contribution >= 4 is 17.7 Å². The number of carboxylic acids is 1. The SMILES string of the molecule is CCc1ccc(OC)c(CC)c1.COc1cc(C(=O)O)c(NC(N)=O)cc1OCCCC(C)C. The second kappa shape index (κ2) is 14.7. The van der Waals surface area contributed by atoms with Crippen molar-refractivity contribution < 1.29 is 28.9 Å². The quantitative estimate of drug-likeness (QED) is 0.369. The van der Waals surface area contributed by atoms with Gasteiger partial charge in [0, 0.05) is 12.1 Å². The number of hydrogen-bond acceptors (Lipinski definition) is 5. The van der Waals surface area contributed by atoms with Crippen molar-refractivity contribution in [3.05, 3.63) is 47.0 Å². The molecule has 2 amide bonds. The lowest BCUT2D eigenvalue weighted by Crippen LogP contribution is -2.21. The lowest BCUT2D eigenvalue weighted by atomic mass is 10.1. The van der Waals surface area contributed by atoms with Crippen LogP contribution in [0.4, 0.5) is 10.5 Å². The summed E-state index contributed by atoms with van der Waals surface area (Å²) in [5.74, 6) is 1.03. The molecule has 0 saturated heterocycles. The van der Waals surface area contributed by atoms with Crippen LogP contribution >= 0.6 is 0 Å². The number of nitrogens with two attached hydrogens (primary N) is 1. The molecule has 2 aromatic carbocycles. The minimum atomic E-state index is -1.20. The zero-order chi connectivity index (χ0) is 25.7. The van der Waals surface area contributed by atoms with Gasteiger partial charge in [-0.1, -0.05) is 39.8 Å². The maximum Gasteiger partial charge on any atom is 0.337 e. The maximum atomic E-state index is 11.2. The molecule has 0 fully saturated rings. The number of hydrogen-bond donors (Lipinski definition) is 3. The monoisotopic (exact) mass is 474 g/mol. The van der Waals surface area contributed by atoms with Gasteiger partial charge in [-0.25, -0.2) is 9.59 Å². The number of rotatable bonds is 11. The number of urea groups is 1.